The van der Waals surface area contributed by atoms with Crippen molar-refractivity contribution < 1.29 is 14.3 Å². The van der Waals surface area contributed by atoms with E-state index in [1.807, 2.05) is 60.0 Å². The van der Waals surface area contributed by atoms with Gasteiger partial charge in [0.1, 0.15) is 33.8 Å². The van der Waals surface area contributed by atoms with Crippen LogP contribution in [0.5, 0.6) is 11.5 Å². The molecular weight excluding hydrogens is 496 g/mol. The number of benzene rings is 2. The molecule has 4 aromatic rings. The Kier molecular flexibility index (Phi) is 7.18. The quantitative estimate of drug-likeness (QED) is 0.328. The van der Waals surface area contributed by atoms with Gasteiger partial charge in [0.05, 0.1) is 17.1 Å². The number of ether oxygens (including phenoxy) is 2. The van der Waals surface area contributed by atoms with Crippen LogP contribution in [0, 0.1) is 0 Å². The topological polar surface area (TPSA) is 82.6 Å². The fourth-order valence-electron chi connectivity index (χ4n) is 4.55. The van der Waals surface area contributed by atoms with Gasteiger partial charge >= 0.3 is 0 Å². The molecule has 3 heterocycles. The van der Waals surface area contributed by atoms with Crippen LogP contribution in [-0.2, 0) is 0 Å². The van der Waals surface area contributed by atoms with Crippen molar-refractivity contribution in [3.63, 3.8) is 0 Å². The average Bonchev–Trinajstić information content (AvgIpc) is 3.40. The molecule has 1 aliphatic rings. The van der Waals surface area contributed by atoms with Crippen molar-refractivity contribution in [2.45, 2.75) is 38.4 Å². The molecule has 1 fully saturated rings. The minimum atomic E-state index is -0.542. The molecule has 0 unspecified atom stereocenters. The third-order valence-corrected chi connectivity index (χ3v) is 7.99. The van der Waals surface area contributed by atoms with Crippen LogP contribution >= 0.6 is 22.9 Å². The zero-order valence-corrected chi connectivity index (χ0v) is 21.9. The first-order valence-corrected chi connectivity index (χ1v) is 13.3. The number of thiophene rings is 1. The van der Waals surface area contributed by atoms with Gasteiger partial charge in [0.25, 0.3) is 5.91 Å². The van der Waals surface area contributed by atoms with Crippen LogP contribution in [0.25, 0.3) is 16.0 Å². The molecule has 188 valence electrons. The van der Waals surface area contributed by atoms with Crippen LogP contribution in [0.15, 0.2) is 54.9 Å². The van der Waals surface area contributed by atoms with Crippen molar-refractivity contribution >= 4 is 39.9 Å². The third kappa shape index (κ3) is 5.21. The first-order chi connectivity index (χ1) is 17.4. The number of halogens is 1. The Morgan fingerprint density at radius 2 is 2.03 bits per heavy atom. The second kappa shape index (κ2) is 10.5. The van der Waals surface area contributed by atoms with Crippen LogP contribution < -0.4 is 15.2 Å². The Morgan fingerprint density at radius 1 is 1.19 bits per heavy atom. The van der Waals surface area contributed by atoms with Gasteiger partial charge in [-0.15, -0.1) is 11.3 Å². The maximum atomic E-state index is 12.3. The van der Waals surface area contributed by atoms with E-state index in [4.69, 9.17) is 26.8 Å². The summed E-state index contributed by atoms with van der Waals surface area (Å²) in [6, 6.07) is 15.3. The monoisotopic (exact) mass is 524 g/mol. The summed E-state index contributed by atoms with van der Waals surface area (Å²) in [5.41, 5.74) is 8.27. The fraction of sp³-hybridized carbons (Fsp3) is 0.333. The van der Waals surface area contributed by atoms with E-state index in [2.05, 4.69) is 16.9 Å². The number of imidazole rings is 1. The first-order valence-electron chi connectivity index (χ1n) is 12.1. The van der Waals surface area contributed by atoms with Gasteiger partial charge in [-0.05, 0) is 58.0 Å². The number of primary amides is 1. The number of carbonyl (C=O) groups excluding carboxylic acids is 1. The Balaban J connectivity index is 1.43. The summed E-state index contributed by atoms with van der Waals surface area (Å²) in [5.74, 6) is 0.695. The summed E-state index contributed by atoms with van der Waals surface area (Å²) in [6.07, 6.45) is 4.74. The SMILES string of the molecule is C[C@H](Oc1cc(-n2cnc3ccc(O[C@H]4CCCN(C)CC4)cc32)sc1C(N)=O)c1ccccc1Cl. The average molecular weight is 525 g/mol. The second-order valence-electron chi connectivity index (χ2n) is 9.16. The predicted octanol–water partition coefficient (Wildman–Crippen LogP) is 5.84. The van der Waals surface area contributed by atoms with Gasteiger partial charge in [-0.2, -0.15) is 0 Å². The number of rotatable bonds is 7. The number of nitrogens with two attached hydrogens (primary N) is 1. The normalized spacial score (nSPS) is 17.6. The highest BCUT2D eigenvalue weighted by Crippen LogP contribution is 2.37. The minimum absolute atomic E-state index is 0.193. The van der Waals surface area contributed by atoms with E-state index in [1.54, 1.807) is 6.33 Å². The lowest BCUT2D eigenvalue weighted by Crippen LogP contribution is -2.21. The Bertz CT molecular complexity index is 1380. The van der Waals surface area contributed by atoms with Crippen LogP contribution in [0.1, 0.15) is 47.5 Å². The van der Waals surface area contributed by atoms with E-state index in [0.717, 1.165) is 59.7 Å². The molecule has 2 N–H and O–H groups in total. The molecule has 0 saturated carbocycles. The molecule has 1 saturated heterocycles. The number of hydrogen-bond donors (Lipinski definition) is 1. The van der Waals surface area contributed by atoms with Crippen molar-refractivity contribution in [1.82, 2.24) is 14.5 Å². The summed E-state index contributed by atoms with van der Waals surface area (Å²) < 4.78 is 14.5. The maximum Gasteiger partial charge on any atom is 0.262 e. The summed E-state index contributed by atoms with van der Waals surface area (Å²) in [4.78, 5) is 19.5. The lowest BCUT2D eigenvalue weighted by Gasteiger charge is -2.17. The maximum absolute atomic E-state index is 12.3. The number of nitrogens with zero attached hydrogens (tertiary/aromatic N) is 3. The van der Waals surface area contributed by atoms with Crippen molar-refractivity contribution in [2.75, 3.05) is 20.1 Å². The largest absolute Gasteiger partial charge is 0.490 e. The molecular formula is C27H29ClN4O3S. The van der Waals surface area contributed by atoms with Crippen LogP contribution in [0.3, 0.4) is 0 Å². The van der Waals surface area contributed by atoms with Crippen LogP contribution in [0.4, 0.5) is 0 Å². The highest BCUT2D eigenvalue weighted by Gasteiger charge is 2.22. The molecule has 1 aliphatic heterocycles. The summed E-state index contributed by atoms with van der Waals surface area (Å²) in [7, 11) is 2.15. The Morgan fingerprint density at radius 3 is 2.83 bits per heavy atom. The Hall–Kier alpha value is -3.07. The van der Waals surface area contributed by atoms with Crippen LogP contribution in [0.2, 0.25) is 5.02 Å². The van der Waals surface area contributed by atoms with Gasteiger partial charge in [-0.25, -0.2) is 4.98 Å². The summed E-state index contributed by atoms with van der Waals surface area (Å²) >= 11 is 7.61. The summed E-state index contributed by atoms with van der Waals surface area (Å²) in [5, 5.41) is 1.38. The molecule has 0 aliphatic carbocycles. The van der Waals surface area contributed by atoms with E-state index in [0.29, 0.717) is 15.6 Å². The number of likely N-dealkylation sites (tertiary alicyclic amines) is 1. The molecule has 2 atom stereocenters. The van der Waals surface area contributed by atoms with E-state index in [9.17, 15) is 4.79 Å². The van der Waals surface area contributed by atoms with Gasteiger partial charge in [0.15, 0.2) is 0 Å². The standard InChI is InChI=1S/C27H29ClN4O3S/c1-17(20-7-3-4-8-21(20)28)34-24-15-25(36-26(24)27(29)33)32-16-30-22-10-9-19(14-23(22)32)35-18-6-5-12-31(2)13-11-18/h3-4,7-10,14-18H,5-6,11-13H2,1-2H3,(H2,29,33)/t17-,18-/m0/s1. The van der Waals surface area contributed by atoms with Crippen molar-refractivity contribution in [3.05, 3.63) is 70.3 Å². The van der Waals surface area contributed by atoms with Gasteiger partial charge in [-0.1, -0.05) is 29.8 Å². The number of aromatic nitrogens is 2. The molecule has 36 heavy (non-hydrogen) atoms. The van der Waals surface area contributed by atoms with Crippen molar-refractivity contribution in [2.24, 2.45) is 5.73 Å². The summed E-state index contributed by atoms with van der Waals surface area (Å²) in [6.45, 7) is 4.03. The third-order valence-electron chi connectivity index (χ3n) is 6.51. The highest BCUT2D eigenvalue weighted by atomic mass is 35.5. The molecule has 2 aromatic heterocycles. The lowest BCUT2D eigenvalue weighted by molar-refractivity contribution is 0.0998. The lowest BCUT2D eigenvalue weighted by atomic mass is 10.1. The van der Waals surface area contributed by atoms with Crippen LogP contribution in [-0.4, -0.2) is 46.6 Å². The first kappa shape index (κ1) is 24.6. The van der Waals surface area contributed by atoms with Gasteiger partial charge in [0, 0.05) is 29.3 Å². The second-order valence-corrected chi connectivity index (χ2v) is 10.6. The zero-order valence-electron chi connectivity index (χ0n) is 20.3. The zero-order chi connectivity index (χ0) is 25.2. The molecule has 0 radical (unpaired) electrons. The Labute approximate surface area is 219 Å². The molecule has 0 spiro atoms. The number of hydrogen-bond acceptors (Lipinski definition) is 6. The molecule has 0 bridgehead atoms. The van der Waals surface area contributed by atoms with Crippen molar-refractivity contribution in [1.29, 1.82) is 0 Å². The molecule has 7 nitrogen and oxygen atoms in total. The van der Waals surface area contributed by atoms with Gasteiger partial charge in [-0.3, -0.25) is 9.36 Å². The highest BCUT2D eigenvalue weighted by molar-refractivity contribution is 7.16. The van der Waals surface area contributed by atoms with E-state index < -0.39 is 5.91 Å². The van der Waals surface area contributed by atoms with E-state index in [-0.39, 0.29) is 12.2 Å². The molecule has 5 rings (SSSR count). The predicted molar refractivity (Wildman–Crippen MR) is 144 cm³/mol. The molecule has 2 aromatic carbocycles. The van der Waals surface area contributed by atoms with Gasteiger partial charge < -0.3 is 20.1 Å². The minimum Gasteiger partial charge on any atom is -0.490 e. The van der Waals surface area contributed by atoms with Crippen molar-refractivity contribution in [3.8, 4) is 16.5 Å². The smallest absolute Gasteiger partial charge is 0.262 e. The number of fused-ring (bicyclic) bond motifs is 1. The van der Waals surface area contributed by atoms with E-state index >= 15 is 0 Å². The fourth-order valence-corrected chi connectivity index (χ4v) is 5.77. The van der Waals surface area contributed by atoms with E-state index in [1.165, 1.54) is 11.3 Å². The number of amides is 1. The van der Waals surface area contributed by atoms with Gasteiger partial charge in [0.2, 0.25) is 0 Å². The number of carbonyl (C=O) groups is 1. The molecule has 9 heteroatoms. The molecule has 1 amide bonds.